The number of nitrogens with one attached hydrogen (secondary N) is 1. The van der Waals surface area contributed by atoms with Crippen molar-refractivity contribution in [3.8, 4) is 0 Å². The molecule has 0 bridgehead atoms. The number of carbonyl (C=O) groups is 2. The maximum absolute atomic E-state index is 12.7. The average molecular weight is 335 g/mol. The fourth-order valence-electron chi connectivity index (χ4n) is 2.34. The fraction of sp³-hybridized carbons (Fsp3) is 0.105. The van der Waals surface area contributed by atoms with E-state index >= 15 is 0 Å². The van der Waals surface area contributed by atoms with Crippen LogP contribution in [0.25, 0.3) is 0 Å². The van der Waals surface area contributed by atoms with Gasteiger partial charge in [-0.25, -0.2) is 0 Å². The number of anilines is 1. The summed E-state index contributed by atoms with van der Waals surface area (Å²) < 4.78 is 5.30. The molecule has 0 aliphatic rings. The lowest BCUT2D eigenvalue weighted by Crippen LogP contribution is -2.37. The van der Waals surface area contributed by atoms with E-state index in [1.165, 1.54) is 11.2 Å². The molecule has 0 radical (unpaired) electrons. The first-order chi connectivity index (χ1) is 12.2. The summed E-state index contributed by atoms with van der Waals surface area (Å²) in [5.41, 5.74) is 0.956. The molecule has 0 saturated carbocycles. The standard InChI is InChI=1S/C19H17N3O3/c23-18(21-15-7-2-1-3-8-15)14-22(13-16-9-6-12-25-16)19(24)17-10-4-5-11-20-17/h1-12H,13-14H2,(H,21,23). The van der Waals surface area contributed by atoms with Crippen molar-refractivity contribution in [1.82, 2.24) is 9.88 Å². The van der Waals surface area contributed by atoms with E-state index in [1.54, 1.807) is 48.7 Å². The molecule has 3 rings (SSSR count). The van der Waals surface area contributed by atoms with E-state index in [9.17, 15) is 9.59 Å². The number of para-hydroxylation sites is 1. The van der Waals surface area contributed by atoms with Crippen molar-refractivity contribution < 1.29 is 14.0 Å². The first-order valence-corrected chi connectivity index (χ1v) is 7.80. The summed E-state index contributed by atoms with van der Waals surface area (Å²) in [6.45, 7) is 0.0790. The van der Waals surface area contributed by atoms with Crippen LogP contribution >= 0.6 is 0 Å². The largest absolute Gasteiger partial charge is 0.467 e. The van der Waals surface area contributed by atoms with E-state index in [2.05, 4.69) is 10.3 Å². The van der Waals surface area contributed by atoms with Crippen molar-refractivity contribution in [3.63, 3.8) is 0 Å². The van der Waals surface area contributed by atoms with Crippen LogP contribution in [0.1, 0.15) is 16.2 Å². The summed E-state index contributed by atoms with van der Waals surface area (Å²) >= 11 is 0. The molecule has 6 nitrogen and oxygen atoms in total. The molecule has 2 aromatic heterocycles. The highest BCUT2D eigenvalue weighted by Gasteiger charge is 2.21. The minimum Gasteiger partial charge on any atom is -0.467 e. The molecule has 6 heteroatoms. The summed E-state index contributed by atoms with van der Waals surface area (Å²) in [6.07, 6.45) is 3.07. The van der Waals surface area contributed by atoms with Crippen LogP contribution in [0.3, 0.4) is 0 Å². The van der Waals surface area contributed by atoms with Gasteiger partial charge in [-0.05, 0) is 36.4 Å². The SMILES string of the molecule is O=C(CN(Cc1ccco1)C(=O)c1ccccn1)Nc1ccccc1. The topological polar surface area (TPSA) is 75.4 Å². The Hall–Kier alpha value is -3.41. The predicted molar refractivity (Wildman–Crippen MR) is 92.8 cm³/mol. The summed E-state index contributed by atoms with van der Waals surface area (Å²) in [5, 5.41) is 2.77. The maximum Gasteiger partial charge on any atom is 0.273 e. The van der Waals surface area contributed by atoms with Gasteiger partial charge in [0.25, 0.3) is 5.91 Å². The van der Waals surface area contributed by atoms with E-state index < -0.39 is 0 Å². The van der Waals surface area contributed by atoms with Gasteiger partial charge in [0.2, 0.25) is 5.91 Å². The van der Waals surface area contributed by atoms with Gasteiger partial charge in [-0.15, -0.1) is 0 Å². The maximum atomic E-state index is 12.7. The molecule has 1 aromatic carbocycles. The molecule has 2 heterocycles. The number of carbonyl (C=O) groups excluding carboxylic acids is 2. The average Bonchev–Trinajstić information content (AvgIpc) is 3.15. The quantitative estimate of drug-likeness (QED) is 0.751. The first kappa shape index (κ1) is 16.4. The molecule has 3 aromatic rings. The lowest BCUT2D eigenvalue weighted by atomic mass is 10.2. The Bertz CT molecular complexity index is 818. The van der Waals surface area contributed by atoms with Crippen LogP contribution in [0, 0.1) is 0 Å². The van der Waals surface area contributed by atoms with Crippen molar-refractivity contribution >= 4 is 17.5 Å². The lowest BCUT2D eigenvalue weighted by Gasteiger charge is -2.20. The van der Waals surface area contributed by atoms with E-state index in [1.807, 2.05) is 18.2 Å². The third-order valence-electron chi connectivity index (χ3n) is 3.49. The molecule has 0 saturated heterocycles. The van der Waals surface area contributed by atoms with Gasteiger partial charge in [0.15, 0.2) is 0 Å². The minimum absolute atomic E-state index is 0.106. The highest BCUT2D eigenvalue weighted by atomic mass is 16.3. The van der Waals surface area contributed by atoms with Gasteiger partial charge in [-0.1, -0.05) is 24.3 Å². The normalized spacial score (nSPS) is 10.2. The molecule has 126 valence electrons. The second-order valence-corrected chi connectivity index (χ2v) is 5.37. The minimum atomic E-state index is -0.333. The van der Waals surface area contributed by atoms with Crippen molar-refractivity contribution in [2.45, 2.75) is 6.54 Å². The van der Waals surface area contributed by atoms with Gasteiger partial charge < -0.3 is 14.6 Å². The number of furan rings is 1. The number of benzene rings is 1. The number of amides is 2. The Balaban J connectivity index is 1.74. The van der Waals surface area contributed by atoms with Crippen molar-refractivity contribution in [2.75, 3.05) is 11.9 Å². The van der Waals surface area contributed by atoms with Gasteiger partial charge in [0.1, 0.15) is 18.0 Å². The first-order valence-electron chi connectivity index (χ1n) is 7.80. The zero-order chi connectivity index (χ0) is 17.5. The zero-order valence-electron chi connectivity index (χ0n) is 13.5. The highest BCUT2D eigenvalue weighted by molar-refractivity contribution is 5.98. The molecule has 0 aliphatic heterocycles. The van der Waals surface area contributed by atoms with Gasteiger partial charge in [-0.2, -0.15) is 0 Å². The van der Waals surface area contributed by atoms with Crippen molar-refractivity contribution in [3.05, 3.63) is 84.6 Å². The summed E-state index contributed by atoms with van der Waals surface area (Å²) in [4.78, 5) is 30.5. The molecule has 1 N–H and O–H groups in total. The van der Waals surface area contributed by atoms with Crippen LogP contribution < -0.4 is 5.32 Å². The van der Waals surface area contributed by atoms with Crippen LogP contribution in [0.5, 0.6) is 0 Å². The van der Waals surface area contributed by atoms with Crippen LogP contribution in [0.4, 0.5) is 5.69 Å². The second kappa shape index (κ2) is 7.92. The number of hydrogen-bond acceptors (Lipinski definition) is 4. The molecule has 0 fully saturated rings. The smallest absolute Gasteiger partial charge is 0.273 e. The van der Waals surface area contributed by atoms with Crippen molar-refractivity contribution in [2.24, 2.45) is 0 Å². The fourth-order valence-corrected chi connectivity index (χ4v) is 2.34. The Labute approximate surface area is 145 Å². The molecule has 25 heavy (non-hydrogen) atoms. The number of hydrogen-bond donors (Lipinski definition) is 1. The van der Waals surface area contributed by atoms with Crippen molar-refractivity contribution in [1.29, 1.82) is 0 Å². The monoisotopic (exact) mass is 335 g/mol. The predicted octanol–water partition coefficient (Wildman–Crippen LogP) is 2.96. The summed E-state index contributed by atoms with van der Waals surface area (Å²) in [5.74, 6) is -0.0287. The Kier molecular flexibility index (Phi) is 5.21. The van der Waals surface area contributed by atoms with E-state index in [-0.39, 0.29) is 30.6 Å². The lowest BCUT2D eigenvalue weighted by molar-refractivity contribution is -0.117. The van der Waals surface area contributed by atoms with Crippen LogP contribution in [0.15, 0.2) is 77.5 Å². The van der Waals surface area contributed by atoms with Gasteiger partial charge in [0.05, 0.1) is 12.8 Å². The Morgan fingerprint density at radius 2 is 1.80 bits per heavy atom. The molecule has 0 spiro atoms. The number of rotatable bonds is 6. The third-order valence-corrected chi connectivity index (χ3v) is 3.49. The van der Waals surface area contributed by atoms with Gasteiger partial charge in [0, 0.05) is 11.9 Å². The second-order valence-electron chi connectivity index (χ2n) is 5.37. The molecule has 0 aliphatic carbocycles. The van der Waals surface area contributed by atoms with E-state index in [0.29, 0.717) is 11.4 Å². The Morgan fingerprint density at radius 3 is 2.48 bits per heavy atom. The molecular formula is C19H17N3O3. The van der Waals surface area contributed by atoms with Gasteiger partial charge >= 0.3 is 0 Å². The summed E-state index contributed by atoms with van der Waals surface area (Å²) in [7, 11) is 0. The number of nitrogens with zero attached hydrogens (tertiary/aromatic N) is 2. The van der Waals surface area contributed by atoms with Gasteiger partial charge in [-0.3, -0.25) is 14.6 Å². The molecular weight excluding hydrogens is 318 g/mol. The van der Waals surface area contributed by atoms with Crippen LogP contribution in [-0.2, 0) is 11.3 Å². The number of pyridine rings is 1. The van der Waals surface area contributed by atoms with E-state index in [0.717, 1.165) is 0 Å². The number of aromatic nitrogens is 1. The highest BCUT2D eigenvalue weighted by Crippen LogP contribution is 2.11. The third kappa shape index (κ3) is 4.54. The van der Waals surface area contributed by atoms with E-state index in [4.69, 9.17) is 4.42 Å². The molecule has 0 unspecified atom stereocenters. The summed E-state index contributed by atoms with van der Waals surface area (Å²) in [6, 6.07) is 17.7. The van der Waals surface area contributed by atoms with Crippen LogP contribution in [-0.4, -0.2) is 28.2 Å². The Morgan fingerprint density at radius 1 is 1.00 bits per heavy atom. The zero-order valence-corrected chi connectivity index (χ0v) is 13.5. The van der Waals surface area contributed by atoms with Crippen LogP contribution in [0.2, 0.25) is 0 Å². The molecule has 0 atom stereocenters. The molecule has 2 amide bonds.